The second-order valence-electron chi connectivity index (χ2n) is 5.68. The molecular formula is C15H23O7P. The molecule has 1 aromatic carbocycles. The lowest BCUT2D eigenvalue weighted by Crippen LogP contribution is -2.20. The molecule has 3 atom stereocenters. The fraction of sp³-hybridized carbons (Fsp3) is 0.600. The summed E-state index contributed by atoms with van der Waals surface area (Å²) in [5, 5.41) is 0. The van der Waals surface area contributed by atoms with Crippen molar-refractivity contribution in [2.24, 2.45) is 0 Å². The average Bonchev–Trinajstić information content (AvgIpc) is 3.32. The summed E-state index contributed by atoms with van der Waals surface area (Å²) >= 11 is 0. The normalized spacial score (nSPS) is 23.7. The minimum absolute atomic E-state index is 0.0840. The zero-order chi connectivity index (χ0) is 16.9. The molecule has 0 spiro atoms. The molecule has 0 saturated carbocycles. The third-order valence-corrected chi connectivity index (χ3v) is 3.60. The first-order valence-corrected chi connectivity index (χ1v) is 9.05. The quantitative estimate of drug-likeness (QED) is 0.576. The van der Waals surface area contributed by atoms with E-state index in [1.54, 1.807) is 0 Å². The van der Waals surface area contributed by atoms with Crippen molar-refractivity contribution in [3.05, 3.63) is 30.3 Å². The van der Waals surface area contributed by atoms with E-state index in [0.29, 0.717) is 19.6 Å². The number of epoxide rings is 2. The van der Waals surface area contributed by atoms with Crippen LogP contribution in [0.3, 0.4) is 0 Å². The van der Waals surface area contributed by atoms with Gasteiger partial charge in [0.1, 0.15) is 18.0 Å². The molecule has 7 nitrogen and oxygen atoms in total. The van der Waals surface area contributed by atoms with E-state index in [2.05, 4.69) is 4.52 Å². The third kappa shape index (κ3) is 8.46. The monoisotopic (exact) mass is 346 g/mol. The number of rotatable bonds is 7. The molecule has 23 heavy (non-hydrogen) atoms. The maximum atomic E-state index is 10.6. The molecule has 2 heterocycles. The summed E-state index contributed by atoms with van der Waals surface area (Å²) in [6.07, 6.45) is 0.142. The molecule has 0 aromatic heterocycles. The van der Waals surface area contributed by atoms with Crippen LogP contribution in [0.15, 0.2) is 30.3 Å². The highest BCUT2D eigenvalue weighted by molar-refractivity contribution is 7.46. The van der Waals surface area contributed by atoms with Gasteiger partial charge < -0.3 is 24.0 Å². The SMILES string of the molecule is CC(C)Oc1ccccc1.O=P(O)(O)OC(CC1CO1)C1CO1. The maximum absolute atomic E-state index is 10.6. The Morgan fingerprint density at radius 3 is 2.26 bits per heavy atom. The Hall–Kier alpha value is -0.950. The van der Waals surface area contributed by atoms with E-state index < -0.39 is 13.9 Å². The molecule has 2 saturated heterocycles. The first-order valence-electron chi connectivity index (χ1n) is 7.52. The van der Waals surface area contributed by atoms with Crippen LogP contribution in [-0.2, 0) is 18.6 Å². The smallest absolute Gasteiger partial charge is 0.469 e. The fourth-order valence-corrected chi connectivity index (χ4v) is 2.52. The van der Waals surface area contributed by atoms with Crippen LogP contribution in [0.1, 0.15) is 20.3 Å². The topological polar surface area (TPSA) is 101 Å². The van der Waals surface area contributed by atoms with E-state index in [1.807, 2.05) is 44.2 Å². The molecule has 0 radical (unpaired) electrons. The van der Waals surface area contributed by atoms with Crippen LogP contribution < -0.4 is 4.74 Å². The molecule has 3 rings (SSSR count). The van der Waals surface area contributed by atoms with Gasteiger partial charge in [-0.2, -0.15) is 0 Å². The van der Waals surface area contributed by atoms with Gasteiger partial charge in [-0.1, -0.05) is 18.2 Å². The Morgan fingerprint density at radius 1 is 1.22 bits per heavy atom. The van der Waals surface area contributed by atoms with E-state index in [-0.39, 0.29) is 18.3 Å². The van der Waals surface area contributed by atoms with Crippen LogP contribution >= 0.6 is 7.82 Å². The lowest BCUT2D eigenvalue weighted by molar-refractivity contribution is 0.0957. The van der Waals surface area contributed by atoms with Crippen LogP contribution in [0.25, 0.3) is 0 Å². The van der Waals surface area contributed by atoms with Crippen LogP contribution in [0, 0.1) is 0 Å². The Kier molecular flexibility index (Phi) is 6.59. The summed E-state index contributed by atoms with van der Waals surface area (Å²) < 4.78 is 30.4. The summed E-state index contributed by atoms with van der Waals surface area (Å²) in [5.74, 6) is 0.942. The molecule has 0 amide bonds. The van der Waals surface area contributed by atoms with E-state index >= 15 is 0 Å². The average molecular weight is 346 g/mol. The predicted molar refractivity (Wildman–Crippen MR) is 83.2 cm³/mol. The third-order valence-electron chi connectivity index (χ3n) is 3.06. The van der Waals surface area contributed by atoms with Crippen molar-refractivity contribution in [2.45, 2.75) is 44.7 Å². The molecule has 2 aliphatic heterocycles. The van der Waals surface area contributed by atoms with E-state index in [9.17, 15) is 4.57 Å². The van der Waals surface area contributed by atoms with Gasteiger partial charge in [0.25, 0.3) is 0 Å². The van der Waals surface area contributed by atoms with Gasteiger partial charge in [-0.15, -0.1) is 0 Å². The second kappa shape index (κ2) is 8.24. The Bertz CT molecular complexity index is 508. The van der Waals surface area contributed by atoms with Gasteiger partial charge in [0.05, 0.1) is 25.4 Å². The van der Waals surface area contributed by atoms with Gasteiger partial charge in [0.15, 0.2) is 0 Å². The molecule has 130 valence electrons. The number of phosphoric acid groups is 1. The lowest BCUT2D eigenvalue weighted by atomic mass is 10.1. The van der Waals surface area contributed by atoms with Crippen LogP contribution in [0.4, 0.5) is 0 Å². The van der Waals surface area contributed by atoms with Crippen molar-refractivity contribution in [3.63, 3.8) is 0 Å². The maximum Gasteiger partial charge on any atom is 0.469 e. The molecule has 1 aromatic rings. The number of hydrogen-bond donors (Lipinski definition) is 2. The van der Waals surface area contributed by atoms with Gasteiger partial charge in [0.2, 0.25) is 0 Å². The summed E-state index contributed by atoms with van der Waals surface area (Å²) in [4.78, 5) is 17.2. The predicted octanol–water partition coefficient (Wildman–Crippen LogP) is 2.13. The number of phosphoric ester groups is 1. The highest BCUT2D eigenvalue weighted by atomic mass is 31.2. The molecule has 8 heteroatoms. The molecule has 0 bridgehead atoms. The molecule has 2 aliphatic rings. The fourth-order valence-electron chi connectivity index (χ4n) is 1.94. The standard InChI is InChI=1S/C9H12O.C6H11O6P/c1-8(2)10-9-6-4-3-5-7-9;7-13(8,9)12-5(6-3-11-6)1-4-2-10-4/h3-8H,1-2H3;4-6H,1-3H2,(H2,7,8,9). The summed E-state index contributed by atoms with van der Waals surface area (Å²) in [7, 11) is -4.40. The van der Waals surface area contributed by atoms with Gasteiger partial charge in [-0.3, -0.25) is 4.52 Å². The van der Waals surface area contributed by atoms with Crippen molar-refractivity contribution in [1.82, 2.24) is 0 Å². The van der Waals surface area contributed by atoms with Crippen LogP contribution in [0.2, 0.25) is 0 Å². The Morgan fingerprint density at radius 2 is 1.83 bits per heavy atom. The minimum Gasteiger partial charge on any atom is -0.491 e. The molecule has 2 fully saturated rings. The van der Waals surface area contributed by atoms with Gasteiger partial charge in [0, 0.05) is 6.42 Å². The number of hydrogen-bond acceptors (Lipinski definition) is 5. The summed E-state index contributed by atoms with van der Waals surface area (Å²) in [6, 6.07) is 9.84. The van der Waals surface area contributed by atoms with Crippen molar-refractivity contribution in [1.29, 1.82) is 0 Å². The Balaban J connectivity index is 0.000000174. The van der Waals surface area contributed by atoms with Crippen LogP contribution in [-0.4, -0.2) is 47.4 Å². The van der Waals surface area contributed by atoms with Crippen molar-refractivity contribution >= 4 is 7.82 Å². The molecular weight excluding hydrogens is 323 g/mol. The first-order chi connectivity index (χ1) is 10.8. The first kappa shape index (κ1) is 18.4. The number of para-hydroxylation sites is 1. The zero-order valence-corrected chi connectivity index (χ0v) is 14.1. The van der Waals surface area contributed by atoms with Crippen molar-refractivity contribution < 1.29 is 33.1 Å². The minimum atomic E-state index is -4.40. The number of benzene rings is 1. The highest BCUT2D eigenvalue weighted by Crippen LogP contribution is 2.42. The van der Waals surface area contributed by atoms with Crippen molar-refractivity contribution in [3.8, 4) is 5.75 Å². The molecule has 3 unspecified atom stereocenters. The van der Waals surface area contributed by atoms with E-state index in [1.165, 1.54) is 0 Å². The second-order valence-corrected chi connectivity index (χ2v) is 6.87. The van der Waals surface area contributed by atoms with Gasteiger partial charge in [-0.25, -0.2) is 4.57 Å². The lowest BCUT2D eigenvalue weighted by Gasteiger charge is -2.14. The zero-order valence-electron chi connectivity index (χ0n) is 13.2. The van der Waals surface area contributed by atoms with E-state index in [0.717, 1.165) is 5.75 Å². The van der Waals surface area contributed by atoms with Gasteiger partial charge in [-0.05, 0) is 26.0 Å². The molecule has 2 N–H and O–H groups in total. The van der Waals surface area contributed by atoms with Gasteiger partial charge >= 0.3 is 7.82 Å². The largest absolute Gasteiger partial charge is 0.491 e. The van der Waals surface area contributed by atoms with Crippen molar-refractivity contribution in [2.75, 3.05) is 13.2 Å². The van der Waals surface area contributed by atoms with Crippen LogP contribution in [0.5, 0.6) is 5.75 Å². The Labute approximate surface area is 135 Å². The number of ether oxygens (including phenoxy) is 3. The summed E-state index contributed by atoms with van der Waals surface area (Å²) in [5.41, 5.74) is 0. The highest BCUT2D eigenvalue weighted by Gasteiger charge is 2.41. The van der Waals surface area contributed by atoms with E-state index in [4.69, 9.17) is 24.0 Å². The summed E-state index contributed by atoms with van der Waals surface area (Å²) in [6.45, 7) is 5.20. The molecule has 0 aliphatic carbocycles.